The lowest BCUT2D eigenvalue weighted by molar-refractivity contribution is -0.121. The molecule has 18 heavy (non-hydrogen) atoms. The molecule has 0 aromatic rings. The summed E-state index contributed by atoms with van der Waals surface area (Å²) in [6.07, 6.45) is 8.59. The average Bonchev–Trinajstić information content (AvgIpc) is 2.35. The zero-order valence-corrected chi connectivity index (χ0v) is 12.7. The third-order valence-corrected chi connectivity index (χ3v) is 3.66. The Morgan fingerprint density at radius 3 is 2.56 bits per heavy atom. The van der Waals surface area contributed by atoms with Crippen molar-refractivity contribution in [3.63, 3.8) is 0 Å². The summed E-state index contributed by atoms with van der Waals surface area (Å²) < 4.78 is 0. The van der Waals surface area contributed by atoms with Gasteiger partial charge >= 0.3 is 0 Å². The molecule has 0 heterocycles. The molecule has 0 radical (unpaired) electrons. The number of carbonyl (C=O) groups excluding carboxylic acids is 1. The van der Waals surface area contributed by atoms with Crippen molar-refractivity contribution >= 4 is 18.3 Å². The summed E-state index contributed by atoms with van der Waals surface area (Å²) in [4.78, 5) is 11.7. The molecular formula is C14H29ClN2O. The normalized spacial score (nSPS) is 17.9. The van der Waals surface area contributed by atoms with Crippen LogP contribution >= 0.6 is 12.4 Å². The maximum Gasteiger partial charge on any atom is 0.220 e. The van der Waals surface area contributed by atoms with Crippen LogP contribution in [0.4, 0.5) is 0 Å². The molecule has 1 amide bonds. The lowest BCUT2D eigenvalue weighted by Gasteiger charge is -2.21. The first-order valence-electron chi connectivity index (χ1n) is 7.22. The highest BCUT2D eigenvalue weighted by molar-refractivity contribution is 5.85. The highest BCUT2D eigenvalue weighted by atomic mass is 35.5. The third kappa shape index (κ3) is 7.93. The quantitative estimate of drug-likeness (QED) is 0.751. The van der Waals surface area contributed by atoms with Crippen molar-refractivity contribution in [3.8, 4) is 0 Å². The molecule has 1 aliphatic carbocycles. The van der Waals surface area contributed by atoms with Crippen LogP contribution in [0, 0.1) is 5.92 Å². The zero-order valence-electron chi connectivity index (χ0n) is 11.8. The van der Waals surface area contributed by atoms with Gasteiger partial charge in [-0.25, -0.2) is 0 Å². The van der Waals surface area contributed by atoms with Gasteiger partial charge in [0, 0.05) is 19.0 Å². The smallest absolute Gasteiger partial charge is 0.220 e. The van der Waals surface area contributed by atoms with Crippen LogP contribution in [0.25, 0.3) is 0 Å². The first-order valence-corrected chi connectivity index (χ1v) is 7.22. The van der Waals surface area contributed by atoms with Crippen LogP contribution in [-0.2, 0) is 4.79 Å². The number of amides is 1. The topological polar surface area (TPSA) is 41.1 Å². The number of carbonyl (C=O) groups is 1. The fraction of sp³-hybridized carbons (Fsp3) is 0.929. The van der Waals surface area contributed by atoms with Crippen molar-refractivity contribution in [3.05, 3.63) is 0 Å². The summed E-state index contributed by atoms with van der Waals surface area (Å²) in [7, 11) is 0. The van der Waals surface area contributed by atoms with Gasteiger partial charge in [-0.15, -0.1) is 12.4 Å². The van der Waals surface area contributed by atoms with E-state index in [0.29, 0.717) is 12.5 Å². The van der Waals surface area contributed by atoms with Crippen LogP contribution in [0.1, 0.15) is 58.8 Å². The van der Waals surface area contributed by atoms with E-state index in [0.717, 1.165) is 25.4 Å². The van der Waals surface area contributed by atoms with Gasteiger partial charge in [0.15, 0.2) is 0 Å². The van der Waals surface area contributed by atoms with E-state index in [1.807, 2.05) is 0 Å². The van der Waals surface area contributed by atoms with Crippen LogP contribution in [0.2, 0.25) is 0 Å². The summed E-state index contributed by atoms with van der Waals surface area (Å²) in [5, 5.41) is 6.30. The largest absolute Gasteiger partial charge is 0.355 e. The number of hydrogen-bond donors (Lipinski definition) is 2. The Labute approximate surface area is 118 Å². The molecule has 2 N–H and O–H groups in total. The van der Waals surface area contributed by atoms with Gasteiger partial charge < -0.3 is 10.6 Å². The highest BCUT2D eigenvalue weighted by Crippen LogP contribution is 2.27. The van der Waals surface area contributed by atoms with E-state index in [4.69, 9.17) is 0 Å². The molecule has 1 saturated carbocycles. The molecule has 1 fully saturated rings. The second kappa shape index (κ2) is 10.6. The molecule has 4 heteroatoms. The van der Waals surface area contributed by atoms with Gasteiger partial charge in [0.2, 0.25) is 5.91 Å². The second-order valence-corrected chi connectivity index (χ2v) is 5.31. The first-order chi connectivity index (χ1) is 8.22. The Kier molecular flexibility index (Phi) is 10.5. The number of nitrogens with one attached hydrogen (secondary N) is 2. The standard InChI is InChI=1S/C14H28N2O.ClH/c1-3-15-12(2)11-16-14(17)10-9-13-7-5-4-6-8-13;/h12-13,15H,3-11H2,1-2H3,(H,16,17);1H/t12-;/m1./s1. The molecule has 0 saturated heterocycles. The van der Waals surface area contributed by atoms with E-state index >= 15 is 0 Å². The second-order valence-electron chi connectivity index (χ2n) is 5.31. The van der Waals surface area contributed by atoms with E-state index in [1.54, 1.807) is 0 Å². The van der Waals surface area contributed by atoms with Crippen molar-refractivity contribution in [2.75, 3.05) is 13.1 Å². The molecule has 1 atom stereocenters. The Morgan fingerprint density at radius 2 is 1.94 bits per heavy atom. The minimum Gasteiger partial charge on any atom is -0.355 e. The number of hydrogen-bond acceptors (Lipinski definition) is 2. The minimum atomic E-state index is 0. The van der Waals surface area contributed by atoms with Crippen molar-refractivity contribution in [2.45, 2.75) is 64.8 Å². The number of likely N-dealkylation sites (N-methyl/N-ethyl adjacent to an activating group) is 1. The van der Waals surface area contributed by atoms with Crippen molar-refractivity contribution < 1.29 is 4.79 Å². The Balaban J connectivity index is 0.00000289. The fourth-order valence-electron chi connectivity index (χ4n) is 2.59. The lowest BCUT2D eigenvalue weighted by Crippen LogP contribution is -2.38. The van der Waals surface area contributed by atoms with E-state index in [2.05, 4.69) is 24.5 Å². The molecular weight excluding hydrogens is 248 g/mol. The van der Waals surface area contributed by atoms with Crippen LogP contribution in [0.15, 0.2) is 0 Å². The van der Waals surface area contributed by atoms with Crippen molar-refractivity contribution in [2.24, 2.45) is 5.92 Å². The average molecular weight is 277 g/mol. The van der Waals surface area contributed by atoms with Gasteiger partial charge in [-0.3, -0.25) is 4.79 Å². The lowest BCUT2D eigenvalue weighted by atomic mass is 9.86. The molecule has 3 nitrogen and oxygen atoms in total. The highest BCUT2D eigenvalue weighted by Gasteiger charge is 2.14. The monoisotopic (exact) mass is 276 g/mol. The Morgan fingerprint density at radius 1 is 1.28 bits per heavy atom. The molecule has 0 aliphatic heterocycles. The predicted octanol–water partition coefficient (Wildman–Crippen LogP) is 2.88. The SMILES string of the molecule is CCN[C@H](C)CNC(=O)CCC1CCCCC1.Cl. The van der Waals surface area contributed by atoms with Crippen molar-refractivity contribution in [1.82, 2.24) is 10.6 Å². The number of rotatable bonds is 7. The van der Waals surface area contributed by atoms with E-state index < -0.39 is 0 Å². The van der Waals surface area contributed by atoms with Crippen LogP contribution in [0.5, 0.6) is 0 Å². The minimum absolute atomic E-state index is 0. The number of halogens is 1. The summed E-state index contributed by atoms with van der Waals surface area (Å²) >= 11 is 0. The Hall–Kier alpha value is -0.280. The first kappa shape index (κ1) is 17.7. The van der Waals surface area contributed by atoms with Gasteiger partial charge in [-0.1, -0.05) is 39.0 Å². The summed E-state index contributed by atoms with van der Waals surface area (Å²) in [6.45, 7) is 5.89. The van der Waals surface area contributed by atoms with Gasteiger partial charge in [0.05, 0.1) is 0 Å². The zero-order chi connectivity index (χ0) is 12.5. The van der Waals surface area contributed by atoms with E-state index in [9.17, 15) is 4.79 Å². The molecule has 108 valence electrons. The van der Waals surface area contributed by atoms with Crippen LogP contribution in [-0.4, -0.2) is 25.0 Å². The van der Waals surface area contributed by atoms with Gasteiger partial charge in [0.1, 0.15) is 0 Å². The predicted molar refractivity (Wildman–Crippen MR) is 79.2 cm³/mol. The van der Waals surface area contributed by atoms with E-state index in [-0.39, 0.29) is 18.3 Å². The molecule has 0 unspecified atom stereocenters. The van der Waals surface area contributed by atoms with Gasteiger partial charge in [0.25, 0.3) is 0 Å². The van der Waals surface area contributed by atoms with E-state index in [1.165, 1.54) is 32.1 Å². The summed E-state index contributed by atoms with van der Waals surface area (Å²) in [6, 6.07) is 0.374. The molecule has 0 aromatic heterocycles. The van der Waals surface area contributed by atoms with Crippen LogP contribution < -0.4 is 10.6 Å². The van der Waals surface area contributed by atoms with Gasteiger partial charge in [-0.05, 0) is 25.8 Å². The fourth-order valence-corrected chi connectivity index (χ4v) is 2.59. The summed E-state index contributed by atoms with van der Waals surface area (Å²) in [5.41, 5.74) is 0. The maximum absolute atomic E-state index is 11.7. The molecule has 0 aromatic carbocycles. The third-order valence-electron chi connectivity index (χ3n) is 3.66. The molecule has 1 aliphatic rings. The van der Waals surface area contributed by atoms with Crippen LogP contribution in [0.3, 0.4) is 0 Å². The Bertz CT molecular complexity index is 218. The molecule has 0 bridgehead atoms. The molecule has 1 rings (SSSR count). The van der Waals surface area contributed by atoms with Gasteiger partial charge in [-0.2, -0.15) is 0 Å². The maximum atomic E-state index is 11.7. The summed E-state index contributed by atoms with van der Waals surface area (Å²) in [5.74, 6) is 1.03. The van der Waals surface area contributed by atoms with Crippen molar-refractivity contribution in [1.29, 1.82) is 0 Å². The molecule has 0 spiro atoms.